The molecule has 0 spiro atoms. The van der Waals surface area contributed by atoms with E-state index in [2.05, 4.69) is 25.4 Å². The molecule has 16 heavy (non-hydrogen) atoms. The van der Waals surface area contributed by atoms with Gasteiger partial charge in [-0.1, -0.05) is 20.3 Å². The molecule has 1 N–H and O–H groups in total. The van der Waals surface area contributed by atoms with Crippen molar-refractivity contribution in [3.8, 4) is 0 Å². The maximum atomic E-state index is 3.75. The molecule has 1 aliphatic carbocycles. The van der Waals surface area contributed by atoms with E-state index in [1.54, 1.807) is 0 Å². The van der Waals surface area contributed by atoms with Crippen molar-refractivity contribution >= 4 is 11.8 Å². The molecule has 0 amide bonds. The van der Waals surface area contributed by atoms with E-state index >= 15 is 0 Å². The molecule has 1 nitrogen and oxygen atoms in total. The van der Waals surface area contributed by atoms with Crippen LogP contribution in [0.25, 0.3) is 0 Å². The Balaban J connectivity index is 2.08. The third-order valence-electron chi connectivity index (χ3n) is 3.78. The zero-order valence-electron chi connectivity index (χ0n) is 11.3. The molecular weight excluding hydrogens is 214 g/mol. The Kier molecular flexibility index (Phi) is 6.83. The lowest BCUT2D eigenvalue weighted by Crippen LogP contribution is -2.29. The minimum absolute atomic E-state index is 0.593. The first-order valence-corrected chi connectivity index (χ1v) is 8.26. The van der Waals surface area contributed by atoms with Crippen molar-refractivity contribution in [2.24, 2.45) is 5.41 Å². The van der Waals surface area contributed by atoms with Crippen LogP contribution in [0.1, 0.15) is 58.8 Å². The molecule has 0 aromatic carbocycles. The fourth-order valence-corrected chi connectivity index (χ4v) is 3.04. The third-order valence-corrected chi connectivity index (χ3v) is 4.48. The van der Waals surface area contributed by atoms with Crippen molar-refractivity contribution in [3.63, 3.8) is 0 Å². The van der Waals surface area contributed by atoms with Crippen LogP contribution in [0.3, 0.4) is 0 Å². The van der Waals surface area contributed by atoms with Gasteiger partial charge >= 0.3 is 0 Å². The Bertz CT molecular complexity index is 180. The molecule has 0 heterocycles. The average molecular weight is 243 g/mol. The summed E-state index contributed by atoms with van der Waals surface area (Å²) in [5.74, 6) is 1.32. The van der Waals surface area contributed by atoms with Gasteiger partial charge in [-0.15, -0.1) is 0 Å². The van der Waals surface area contributed by atoms with E-state index in [0.717, 1.165) is 6.04 Å². The van der Waals surface area contributed by atoms with Crippen molar-refractivity contribution in [2.75, 3.05) is 18.6 Å². The van der Waals surface area contributed by atoms with Crippen LogP contribution in [0.4, 0.5) is 0 Å². The molecule has 2 heteroatoms. The highest BCUT2D eigenvalue weighted by atomic mass is 32.2. The van der Waals surface area contributed by atoms with Gasteiger partial charge in [0.2, 0.25) is 0 Å². The van der Waals surface area contributed by atoms with Crippen LogP contribution in [0.2, 0.25) is 0 Å². The summed E-state index contributed by atoms with van der Waals surface area (Å²) in [6, 6.07) is 0.802. The van der Waals surface area contributed by atoms with E-state index in [1.165, 1.54) is 57.2 Å². The summed E-state index contributed by atoms with van der Waals surface area (Å²) in [6.45, 7) is 6.08. The van der Waals surface area contributed by atoms with Gasteiger partial charge in [-0.05, 0) is 62.5 Å². The SMILES string of the molecule is CSCCCCNC1CCCC(C)(C)CC1. The van der Waals surface area contributed by atoms with Crippen LogP contribution in [0, 0.1) is 5.41 Å². The Morgan fingerprint density at radius 2 is 2.00 bits per heavy atom. The first-order valence-electron chi connectivity index (χ1n) is 6.86. The van der Waals surface area contributed by atoms with Crippen LogP contribution in [0.5, 0.6) is 0 Å². The van der Waals surface area contributed by atoms with E-state index in [1.807, 2.05) is 11.8 Å². The van der Waals surface area contributed by atoms with E-state index in [9.17, 15) is 0 Å². The second-order valence-electron chi connectivity index (χ2n) is 5.95. The molecule has 0 aromatic rings. The van der Waals surface area contributed by atoms with Crippen molar-refractivity contribution in [2.45, 2.75) is 64.8 Å². The van der Waals surface area contributed by atoms with Crippen LogP contribution >= 0.6 is 11.8 Å². The van der Waals surface area contributed by atoms with Gasteiger partial charge in [0, 0.05) is 6.04 Å². The first kappa shape index (κ1) is 14.4. The zero-order valence-corrected chi connectivity index (χ0v) is 12.2. The number of hydrogen-bond acceptors (Lipinski definition) is 2. The van der Waals surface area contributed by atoms with Crippen LogP contribution in [-0.4, -0.2) is 24.6 Å². The smallest absolute Gasteiger partial charge is 0.00672 e. The monoisotopic (exact) mass is 243 g/mol. The van der Waals surface area contributed by atoms with Gasteiger partial charge in [0.05, 0.1) is 0 Å². The molecule has 96 valence electrons. The van der Waals surface area contributed by atoms with E-state index in [-0.39, 0.29) is 0 Å². The Hall–Kier alpha value is 0.310. The summed E-state index contributed by atoms with van der Waals surface area (Å²) >= 11 is 1.96. The van der Waals surface area contributed by atoms with Crippen LogP contribution < -0.4 is 5.32 Å². The highest BCUT2D eigenvalue weighted by Gasteiger charge is 2.23. The molecule has 0 aromatic heterocycles. The number of unbranched alkanes of at least 4 members (excludes halogenated alkanes) is 1. The van der Waals surface area contributed by atoms with Crippen molar-refractivity contribution in [1.82, 2.24) is 5.32 Å². The third kappa shape index (κ3) is 6.15. The molecule has 0 aliphatic heterocycles. The minimum Gasteiger partial charge on any atom is -0.314 e. The molecule has 0 bridgehead atoms. The van der Waals surface area contributed by atoms with Gasteiger partial charge < -0.3 is 5.32 Å². The maximum Gasteiger partial charge on any atom is 0.00672 e. The summed E-state index contributed by atoms with van der Waals surface area (Å²) < 4.78 is 0. The summed E-state index contributed by atoms with van der Waals surface area (Å²) in [6.07, 6.45) is 11.9. The lowest BCUT2D eigenvalue weighted by Gasteiger charge is -2.22. The highest BCUT2D eigenvalue weighted by Crippen LogP contribution is 2.33. The van der Waals surface area contributed by atoms with Crippen molar-refractivity contribution in [3.05, 3.63) is 0 Å². The summed E-state index contributed by atoms with van der Waals surface area (Å²) in [4.78, 5) is 0. The minimum atomic E-state index is 0.593. The number of nitrogens with one attached hydrogen (secondary N) is 1. The van der Waals surface area contributed by atoms with Gasteiger partial charge in [0.25, 0.3) is 0 Å². The molecule has 0 radical (unpaired) electrons. The topological polar surface area (TPSA) is 12.0 Å². The number of rotatable bonds is 6. The lowest BCUT2D eigenvalue weighted by molar-refractivity contribution is 0.309. The lowest BCUT2D eigenvalue weighted by atomic mass is 9.85. The van der Waals surface area contributed by atoms with E-state index < -0.39 is 0 Å². The second kappa shape index (κ2) is 7.60. The van der Waals surface area contributed by atoms with Gasteiger partial charge in [-0.25, -0.2) is 0 Å². The van der Waals surface area contributed by atoms with Gasteiger partial charge in [-0.2, -0.15) is 11.8 Å². The predicted molar refractivity (Wildman–Crippen MR) is 76.3 cm³/mol. The van der Waals surface area contributed by atoms with Gasteiger partial charge in [0.15, 0.2) is 0 Å². The summed E-state index contributed by atoms with van der Waals surface area (Å²) in [5, 5.41) is 3.75. The molecular formula is C14H29NS. The standard InChI is InChI=1S/C14H29NS/c1-14(2)9-6-7-13(8-10-14)15-11-4-5-12-16-3/h13,15H,4-12H2,1-3H3. The fourth-order valence-electron chi connectivity index (χ4n) is 2.54. The number of hydrogen-bond donors (Lipinski definition) is 1. The van der Waals surface area contributed by atoms with Gasteiger partial charge in [0.1, 0.15) is 0 Å². The predicted octanol–water partition coefficient (Wildman–Crippen LogP) is 4.08. The Morgan fingerprint density at radius 1 is 1.19 bits per heavy atom. The Labute approximate surface area is 106 Å². The molecule has 1 aliphatic rings. The molecule has 1 saturated carbocycles. The van der Waals surface area contributed by atoms with Crippen LogP contribution in [0.15, 0.2) is 0 Å². The molecule has 1 fully saturated rings. The summed E-state index contributed by atoms with van der Waals surface area (Å²) in [7, 11) is 0. The Morgan fingerprint density at radius 3 is 2.75 bits per heavy atom. The fraction of sp³-hybridized carbons (Fsp3) is 1.00. The highest BCUT2D eigenvalue weighted by molar-refractivity contribution is 7.98. The normalized spacial score (nSPS) is 25.3. The zero-order chi connectivity index (χ0) is 11.9. The van der Waals surface area contributed by atoms with Gasteiger partial charge in [-0.3, -0.25) is 0 Å². The molecule has 0 saturated heterocycles. The van der Waals surface area contributed by atoms with Crippen molar-refractivity contribution in [1.29, 1.82) is 0 Å². The quantitative estimate of drug-likeness (QED) is 0.557. The van der Waals surface area contributed by atoms with E-state index in [0.29, 0.717) is 5.41 Å². The summed E-state index contributed by atoms with van der Waals surface area (Å²) in [5.41, 5.74) is 0.593. The second-order valence-corrected chi connectivity index (χ2v) is 6.93. The maximum absolute atomic E-state index is 3.75. The molecule has 1 unspecified atom stereocenters. The first-order chi connectivity index (χ1) is 7.64. The molecule has 1 rings (SSSR count). The van der Waals surface area contributed by atoms with Crippen molar-refractivity contribution < 1.29 is 0 Å². The van der Waals surface area contributed by atoms with Crippen LogP contribution in [-0.2, 0) is 0 Å². The molecule has 1 atom stereocenters. The number of thioether (sulfide) groups is 1. The largest absolute Gasteiger partial charge is 0.314 e. The average Bonchev–Trinajstić information content (AvgIpc) is 2.40. The van der Waals surface area contributed by atoms with E-state index in [4.69, 9.17) is 0 Å².